The van der Waals surface area contributed by atoms with Crippen molar-refractivity contribution in [2.24, 2.45) is 0 Å². The van der Waals surface area contributed by atoms with E-state index in [0.717, 1.165) is 31.4 Å². The van der Waals surface area contributed by atoms with Gasteiger partial charge < -0.3 is 10.1 Å². The van der Waals surface area contributed by atoms with Crippen LogP contribution < -0.4 is 0 Å². The van der Waals surface area contributed by atoms with Gasteiger partial charge in [-0.15, -0.1) is 0 Å². The molecule has 90 valence electrons. The Morgan fingerprint density at radius 3 is 2.44 bits per heavy atom. The monoisotopic (exact) mass is 366 g/mol. The van der Waals surface area contributed by atoms with E-state index in [-0.39, 0.29) is 5.75 Å². The first kappa shape index (κ1) is 11.7. The summed E-state index contributed by atoms with van der Waals surface area (Å²) in [5, 5.41) is 9.44. The SMILES string of the molecule is Oc1ccc2nc(-c3cc(Br)cc(Br)c3)[nH]c2c1. The summed E-state index contributed by atoms with van der Waals surface area (Å²) in [7, 11) is 0. The van der Waals surface area contributed by atoms with Gasteiger partial charge in [-0.25, -0.2) is 4.98 Å². The molecule has 0 aliphatic heterocycles. The quantitative estimate of drug-likeness (QED) is 0.667. The Morgan fingerprint density at radius 2 is 1.72 bits per heavy atom. The number of rotatable bonds is 1. The predicted molar refractivity (Wildman–Crippen MR) is 78.6 cm³/mol. The van der Waals surface area contributed by atoms with E-state index in [4.69, 9.17) is 0 Å². The van der Waals surface area contributed by atoms with Gasteiger partial charge in [0.25, 0.3) is 0 Å². The molecule has 0 amide bonds. The van der Waals surface area contributed by atoms with Gasteiger partial charge in [0, 0.05) is 20.6 Å². The molecule has 0 aliphatic carbocycles. The summed E-state index contributed by atoms with van der Waals surface area (Å²) in [5.41, 5.74) is 2.63. The Labute approximate surface area is 120 Å². The highest BCUT2D eigenvalue weighted by molar-refractivity contribution is 9.11. The first-order valence-corrected chi connectivity index (χ1v) is 6.85. The van der Waals surface area contributed by atoms with Crippen LogP contribution in [0.1, 0.15) is 0 Å². The number of H-pyrrole nitrogens is 1. The minimum absolute atomic E-state index is 0.230. The molecule has 18 heavy (non-hydrogen) atoms. The van der Waals surface area contributed by atoms with Gasteiger partial charge in [-0.05, 0) is 30.3 Å². The summed E-state index contributed by atoms with van der Waals surface area (Å²) < 4.78 is 1.96. The Hall–Kier alpha value is -1.33. The number of phenols is 1. The van der Waals surface area contributed by atoms with Crippen LogP contribution in [0.25, 0.3) is 22.4 Å². The summed E-state index contributed by atoms with van der Waals surface area (Å²) in [4.78, 5) is 7.69. The molecule has 5 heteroatoms. The fraction of sp³-hybridized carbons (Fsp3) is 0. The number of hydrogen-bond acceptors (Lipinski definition) is 2. The Kier molecular flexibility index (Phi) is 2.87. The van der Waals surface area contributed by atoms with Crippen molar-refractivity contribution < 1.29 is 5.11 Å². The average Bonchev–Trinajstić information content (AvgIpc) is 2.70. The molecule has 3 rings (SSSR count). The highest BCUT2D eigenvalue weighted by Crippen LogP contribution is 2.28. The zero-order valence-electron chi connectivity index (χ0n) is 9.11. The summed E-state index contributed by atoms with van der Waals surface area (Å²) in [6.45, 7) is 0. The molecule has 0 atom stereocenters. The molecule has 0 bridgehead atoms. The molecular weight excluding hydrogens is 360 g/mol. The number of aromatic hydroxyl groups is 1. The topological polar surface area (TPSA) is 48.9 Å². The molecule has 1 aromatic heterocycles. The van der Waals surface area contributed by atoms with E-state index >= 15 is 0 Å². The van der Waals surface area contributed by atoms with Gasteiger partial charge in [-0.3, -0.25) is 0 Å². The average molecular weight is 368 g/mol. The number of benzene rings is 2. The number of phenolic OH excluding ortho intramolecular Hbond substituents is 1. The molecule has 0 unspecified atom stereocenters. The number of halogens is 2. The van der Waals surface area contributed by atoms with E-state index in [2.05, 4.69) is 41.8 Å². The Balaban J connectivity index is 2.19. The van der Waals surface area contributed by atoms with E-state index in [9.17, 15) is 5.11 Å². The Morgan fingerprint density at radius 1 is 1.00 bits per heavy atom. The summed E-state index contributed by atoms with van der Waals surface area (Å²) in [6.07, 6.45) is 0. The van der Waals surface area contributed by atoms with Gasteiger partial charge in [0.1, 0.15) is 11.6 Å². The summed E-state index contributed by atoms with van der Waals surface area (Å²) in [5.74, 6) is 1.01. The number of nitrogens with one attached hydrogen (secondary N) is 1. The second kappa shape index (κ2) is 4.40. The van der Waals surface area contributed by atoms with Crippen molar-refractivity contribution in [3.05, 3.63) is 45.3 Å². The van der Waals surface area contributed by atoms with Gasteiger partial charge >= 0.3 is 0 Å². The van der Waals surface area contributed by atoms with E-state index in [1.165, 1.54) is 0 Å². The number of nitrogens with zero attached hydrogens (tertiary/aromatic N) is 1. The smallest absolute Gasteiger partial charge is 0.138 e. The van der Waals surface area contributed by atoms with Crippen LogP contribution in [-0.4, -0.2) is 15.1 Å². The van der Waals surface area contributed by atoms with Gasteiger partial charge in [-0.2, -0.15) is 0 Å². The standard InChI is InChI=1S/C13H8Br2N2O/c14-8-3-7(4-9(15)5-8)13-16-11-2-1-10(18)6-12(11)17-13/h1-6,18H,(H,16,17). The van der Waals surface area contributed by atoms with Crippen molar-refractivity contribution in [1.29, 1.82) is 0 Å². The van der Waals surface area contributed by atoms with E-state index in [0.29, 0.717) is 0 Å². The fourth-order valence-corrected chi connectivity index (χ4v) is 3.12. The van der Waals surface area contributed by atoms with Crippen molar-refractivity contribution in [2.75, 3.05) is 0 Å². The normalized spacial score (nSPS) is 11.0. The van der Waals surface area contributed by atoms with Crippen LogP contribution >= 0.6 is 31.9 Å². The highest BCUT2D eigenvalue weighted by atomic mass is 79.9. The largest absolute Gasteiger partial charge is 0.508 e. The molecule has 2 aromatic carbocycles. The van der Waals surface area contributed by atoms with Gasteiger partial charge in [0.05, 0.1) is 11.0 Å². The number of aromatic nitrogens is 2. The molecule has 0 spiro atoms. The number of imidazole rings is 1. The lowest BCUT2D eigenvalue weighted by Gasteiger charge is -1.99. The van der Waals surface area contributed by atoms with Crippen molar-refractivity contribution >= 4 is 42.9 Å². The fourth-order valence-electron chi connectivity index (χ4n) is 1.82. The zero-order chi connectivity index (χ0) is 12.7. The molecular formula is C13H8Br2N2O. The number of fused-ring (bicyclic) bond motifs is 1. The third kappa shape index (κ3) is 2.15. The van der Waals surface area contributed by atoms with Crippen LogP contribution in [0.2, 0.25) is 0 Å². The third-order valence-electron chi connectivity index (χ3n) is 2.60. The van der Waals surface area contributed by atoms with Crippen LogP contribution in [0.4, 0.5) is 0 Å². The van der Waals surface area contributed by atoms with Crippen molar-refractivity contribution in [2.45, 2.75) is 0 Å². The molecule has 0 saturated heterocycles. The second-order valence-corrected chi connectivity index (χ2v) is 5.78. The minimum Gasteiger partial charge on any atom is -0.508 e. The maximum Gasteiger partial charge on any atom is 0.138 e. The number of hydrogen-bond donors (Lipinski definition) is 2. The van der Waals surface area contributed by atoms with Crippen molar-refractivity contribution in [1.82, 2.24) is 9.97 Å². The van der Waals surface area contributed by atoms with E-state index in [1.54, 1.807) is 18.2 Å². The lowest BCUT2D eigenvalue weighted by molar-refractivity contribution is 0.476. The van der Waals surface area contributed by atoms with Gasteiger partial charge in [-0.1, -0.05) is 31.9 Å². The predicted octanol–water partition coefficient (Wildman–Crippen LogP) is 4.46. The minimum atomic E-state index is 0.230. The summed E-state index contributed by atoms with van der Waals surface area (Å²) >= 11 is 6.91. The summed E-state index contributed by atoms with van der Waals surface area (Å²) in [6, 6.07) is 11.0. The lowest BCUT2D eigenvalue weighted by Crippen LogP contribution is -1.80. The third-order valence-corrected chi connectivity index (χ3v) is 3.52. The van der Waals surface area contributed by atoms with Crippen LogP contribution in [0.3, 0.4) is 0 Å². The molecule has 0 fully saturated rings. The molecule has 0 aliphatic rings. The van der Waals surface area contributed by atoms with Crippen LogP contribution in [-0.2, 0) is 0 Å². The molecule has 2 N–H and O–H groups in total. The maximum atomic E-state index is 9.44. The van der Waals surface area contributed by atoms with E-state index < -0.39 is 0 Å². The number of aromatic amines is 1. The molecule has 0 radical (unpaired) electrons. The zero-order valence-corrected chi connectivity index (χ0v) is 12.3. The lowest BCUT2D eigenvalue weighted by atomic mass is 10.2. The highest BCUT2D eigenvalue weighted by Gasteiger charge is 2.07. The van der Waals surface area contributed by atoms with Crippen molar-refractivity contribution in [3.8, 4) is 17.1 Å². The van der Waals surface area contributed by atoms with Crippen LogP contribution in [0.5, 0.6) is 5.75 Å². The van der Waals surface area contributed by atoms with Crippen LogP contribution in [0, 0.1) is 0 Å². The molecule has 3 aromatic rings. The van der Waals surface area contributed by atoms with Crippen LogP contribution in [0.15, 0.2) is 45.3 Å². The second-order valence-electron chi connectivity index (χ2n) is 3.94. The molecule has 0 saturated carbocycles. The maximum absolute atomic E-state index is 9.44. The first-order valence-electron chi connectivity index (χ1n) is 5.27. The van der Waals surface area contributed by atoms with Gasteiger partial charge in [0.15, 0.2) is 0 Å². The molecule has 1 heterocycles. The van der Waals surface area contributed by atoms with E-state index in [1.807, 2.05) is 18.2 Å². The Bertz CT molecular complexity index is 717. The molecule has 3 nitrogen and oxygen atoms in total. The van der Waals surface area contributed by atoms with Crippen molar-refractivity contribution in [3.63, 3.8) is 0 Å². The van der Waals surface area contributed by atoms with Gasteiger partial charge in [0.2, 0.25) is 0 Å². The first-order chi connectivity index (χ1) is 8.61.